The van der Waals surface area contributed by atoms with Crippen LogP contribution in [0.4, 0.5) is 11.4 Å². The van der Waals surface area contributed by atoms with Gasteiger partial charge in [-0.05, 0) is 80.5 Å². The van der Waals surface area contributed by atoms with Crippen molar-refractivity contribution in [3.05, 3.63) is 53.6 Å². The molecule has 0 radical (unpaired) electrons. The van der Waals surface area contributed by atoms with Crippen LogP contribution in [0.15, 0.2) is 42.5 Å². The lowest BCUT2D eigenvalue weighted by Crippen LogP contribution is -2.47. The number of ether oxygens (including phenoxy) is 1. The van der Waals surface area contributed by atoms with Crippen molar-refractivity contribution in [3.63, 3.8) is 0 Å². The summed E-state index contributed by atoms with van der Waals surface area (Å²) in [7, 11) is 1.70. The maximum absolute atomic E-state index is 5.44. The van der Waals surface area contributed by atoms with Crippen molar-refractivity contribution >= 4 is 28.7 Å². The topological polar surface area (TPSA) is 39.8 Å². The van der Waals surface area contributed by atoms with Crippen LogP contribution < -0.4 is 20.3 Å². The summed E-state index contributed by atoms with van der Waals surface area (Å²) in [5, 5.41) is 7.34. The van der Waals surface area contributed by atoms with E-state index in [0.29, 0.717) is 5.11 Å². The molecule has 2 aromatic rings. The minimum Gasteiger partial charge on any atom is -0.497 e. The van der Waals surface area contributed by atoms with E-state index < -0.39 is 0 Å². The average molecular weight is 413 g/mol. The first-order valence-electron chi connectivity index (χ1n) is 10.3. The lowest BCUT2D eigenvalue weighted by Gasteiger charge is -2.36. The summed E-state index contributed by atoms with van der Waals surface area (Å²) >= 11 is 5.44. The number of thiocarbonyl (C=S) groups is 1. The summed E-state index contributed by atoms with van der Waals surface area (Å²) in [5.74, 6) is 0.907. The third kappa shape index (κ3) is 6.34. The number of anilines is 2. The first-order valence-corrected chi connectivity index (χ1v) is 10.7. The van der Waals surface area contributed by atoms with Crippen LogP contribution in [-0.4, -0.2) is 56.4 Å². The van der Waals surface area contributed by atoms with Gasteiger partial charge in [0.2, 0.25) is 0 Å². The fraction of sp³-hybridized carbons (Fsp3) is 0.435. The highest BCUT2D eigenvalue weighted by atomic mass is 32.1. The Morgan fingerprint density at radius 3 is 2.45 bits per heavy atom. The van der Waals surface area contributed by atoms with Gasteiger partial charge in [-0.1, -0.05) is 12.1 Å². The van der Waals surface area contributed by atoms with Crippen molar-refractivity contribution < 1.29 is 4.74 Å². The maximum atomic E-state index is 5.44. The quantitative estimate of drug-likeness (QED) is 0.532. The Kier molecular flexibility index (Phi) is 7.72. The molecule has 0 aromatic heterocycles. The highest BCUT2D eigenvalue weighted by Gasteiger charge is 2.16. The summed E-state index contributed by atoms with van der Waals surface area (Å²) < 4.78 is 5.24. The van der Waals surface area contributed by atoms with Crippen LogP contribution in [0.25, 0.3) is 0 Å². The van der Waals surface area contributed by atoms with E-state index in [4.69, 9.17) is 17.0 Å². The van der Waals surface area contributed by atoms with Crippen molar-refractivity contribution in [1.29, 1.82) is 0 Å². The second kappa shape index (κ2) is 10.5. The second-order valence-electron chi connectivity index (χ2n) is 7.58. The summed E-state index contributed by atoms with van der Waals surface area (Å²) in [5.41, 5.74) is 4.79. The van der Waals surface area contributed by atoms with Crippen LogP contribution in [0.3, 0.4) is 0 Å². The molecular weight excluding hydrogens is 380 g/mol. The minimum absolute atomic E-state index is 0.697. The zero-order chi connectivity index (χ0) is 20.6. The zero-order valence-corrected chi connectivity index (χ0v) is 18.5. The zero-order valence-electron chi connectivity index (χ0n) is 17.7. The molecule has 1 saturated heterocycles. The molecule has 1 fully saturated rings. The SMILES string of the molecule is COc1ccc(N2CCN(CCCNC(=S)Nc3cc(C)ccc3C)CC2)cc1. The third-order valence-corrected chi connectivity index (χ3v) is 5.63. The van der Waals surface area contributed by atoms with E-state index in [2.05, 4.69) is 64.6 Å². The van der Waals surface area contributed by atoms with Crippen LogP contribution in [0.1, 0.15) is 17.5 Å². The molecule has 3 rings (SSSR count). The van der Waals surface area contributed by atoms with Gasteiger partial charge in [-0.15, -0.1) is 0 Å². The van der Waals surface area contributed by atoms with Crippen LogP contribution in [-0.2, 0) is 0 Å². The van der Waals surface area contributed by atoms with Gasteiger partial charge in [0.1, 0.15) is 5.75 Å². The lowest BCUT2D eigenvalue weighted by atomic mass is 10.1. The predicted octanol–water partition coefficient (Wildman–Crippen LogP) is 3.81. The molecule has 2 N–H and O–H groups in total. The molecule has 1 aliphatic rings. The Hall–Kier alpha value is -2.31. The van der Waals surface area contributed by atoms with E-state index in [1.807, 2.05) is 12.1 Å². The van der Waals surface area contributed by atoms with Crippen LogP contribution in [0.5, 0.6) is 5.75 Å². The average Bonchev–Trinajstić information content (AvgIpc) is 2.74. The number of aryl methyl sites for hydroxylation is 2. The van der Waals surface area contributed by atoms with Gasteiger partial charge in [0, 0.05) is 44.1 Å². The van der Waals surface area contributed by atoms with Crippen molar-refractivity contribution in [3.8, 4) is 5.75 Å². The van der Waals surface area contributed by atoms with Gasteiger partial charge in [-0.2, -0.15) is 0 Å². The van der Waals surface area contributed by atoms with Gasteiger partial charge < -0.3 is 20.3 Å². The molecule has 5 nitrogen and oxygen atoms in total. The van der Waals surface area contributed by atoms with E-state index in [1.165, 1.54) is 16.8 Å². The lowest BCUT2D eigenvalue weighted by molar-refractivity contribution is 0.255. The van der Waals surface area contributed by atoms with Crippen LogP contribution in [0, 0.1) is 13.8 Å². The molecular formula is C23H32N4OS. The highest BCUT2D eigenvalue weighted by Crippen LogP contribution is 2.20. The van der Waals surface area contributed by atoms with E-state index in [9.17, 15) is 0 Å². The fourth-order valence-electron chi connectivity index (χ4n) is 3.56. The molecule has 156 valence electrons. The van der Waals surface area contributed by atoms with E-state index >= 15 is 0 Å². The third-order valence-electron chi connectivity index (χ3n) is 5.39. The Balaban J connectivity index is 1.33. The number of hydrogen-bond donors (Lipinski definition) is 2. The van der Waals surface area contributed by atoms with Gasteiger partial charge in [-0.25, -0.2) is 0 Å². The number of nitrogens with one attached hydrogen (secondary N) is 2. The standard InChI is InChI=1S/C23H32N4OS/c1-18-5-6-19(2)22(17-18)25-23(29)24-11-4-12-26-13-15-27(16-14-26)20-7-9-21(28-3)10-8-20/h5-10,17H,4,11-16H2,1-3H3,(H2,24,25,29). The molecule has 2 aromatic carbocycles. The van der Waals surface area contributed by atoms with Gasteiger partial charge in [-0.3, -0.25) is 4.90 Å². The minimum atomic E-state index is 0.697. The maximum Gasteiger partial charge on any atom is 0.170 e. The van der Waals surface area contributed by atoms with E-state index in [0.717, 1.165) is 57.1 Å². The molecule has 6 heteroatoms. The molecule has 0 bridgehead atoms. The largest absolute Gasteiger partial charge is 0.497 e. The molecule has 0 unspecified atom stereocenters. The van der Waals surface area contributed by atoms with Crippen LogP contribution >= 0.6 is 12.2 Å². The Morgan fingerprint density at radius 2 is 1.76 bits per heavy atom. The number of methoxy groups -OCH3 is 1. The van der Waals surface area contributed by atoms with Crippen molar-refractivity contribution in [2.24, 2.45) is 0 Å². The molecule has 0 aliphatic carbocycles. The first-order chi connectivity index (χ1) is 14.0. The van der Waals surface area contributed by atoms with Crippen molar-refractivity contribution in [2.45, 2.75) is 20.3 Å². The molecule has 0 amide bonds. The molecule has 0 saturated carbocycles. The Bertz CT molecular complexity index is 801. The van der Waals surface area contributed by atoms with Gasteiger partial charge in [0.05, 0.1) is 7.11 Å². The monoisotopic (exact) mass is 412 g/mol. The number of piperazine rings is 1. The van der Waals surface area contributed by atoms with Crippen LogP contribution in [0.2, 0.25) is 0 Å². The normalized spacial score (nSPS) is 14.5. The Morgan fingerprint density at radius 1 is 1.03 bits per heavy atom. The summed E-state index contributed by atoms with van der Waals surface area (Å²) in [6.45, 7) is 10.5. The van der Waals surface area contributed by atoms with Gasteiger partial charge >= 0.3 is 0 Å². The van der Waals surface area contributed by atoms with E-state index in [-0.39, 0.29) is 0 Å². The molecule has 0 atom stereocenters. The molecule has 0 spiro atoms. The molecule has 1 aliphatic heterocycles. The first kappa shape index (κ1) is 21.4. The predicted molar refractivity (Wildman–Crippen MR) is 126 cm³/mol. The van der Waals surface area contributed by atoms with Crippen molar-refractivity contribution in [2.75, 3.05) is 56.6 Å². The number of benzene rings is 2. The summed E-state index contributed by atoms with van der Waals surface area (Å²) in [6, 6.07) is 14.7. The molecule has 1 heterocycles. The number of hydrogen-bond acceptors (Lipinski definition) is 4. The van der Waals surface area contributed by atoms with E-state index in [1.54, 1.807) is 7.11 Å². The summed E-state index contributed by atoms with van der Waals surface area (Å²) in [6.07, 6.45) is 1.08. The van der Waals surface area contributed by atoms with Crippen molar-refractivity contribution in [1.82, 2.24) is 10.2 Å². The fourth-order valence-corrected chi connectivity index (χ4v) is 3.78. The molecule has 29 heavy (non-hydrogen) atoms. The van der Waals surface area contributed by atoms with Gasteiger partial charge in [0.15, 0.2) is 5.11 Å². The van der Waals surface area contributed by atoms with Gasteiger partial charge in [0.25, 0.3) is 0 Å². The smallest absolute Gasteiger partial charge is 0.170 e. The number of rotatable bonds is 7. The second-order valence-corrected chi connectivity index (χ2v) is 7.99. The summed E-state index contributed by atoms with van der Waals surface area (Å²) in [4.78, 5) is 4.97. The Labute approximate surface area is 180 Å². The highest BCUT2D eigenvalue weighted by molar-refractivity contribution is 7.80. The number of nitrogens with zero attached hydrogens (tertiary/aromatic N) is 2.